The minimum Gasteiger partial charge on any atom is -0.495 e. The Morgan fingerprint density at radius 1 is 1.25 bits per heavy atom. The number of methoxy groups -OCH3 is 1. The Balaban J connectivity index is 1.46. The third-order valence-corrected chi connectivity index (χ3v) is 6.79. The quantitative estimate of drug-likeness (QED) is 0.534. The maximum Gasteiger partial charge on any atom is 0.288 e. The normalized spacial score (nSPS) is 19.6. The SMILES string of the molecule is COc1ccccc1NC(=O)CC1SC(=Nc2ccc(SC(F)F)cc2)N(C2CC2)C1=O. The number of nitrogens with one attached hydrogen (secondary N) is 1. The molecule has 1 aliphatic carbocycles. The van der Waals surface area contributed by atoms with Gasteiger partial charge in [0.1, 0.15) is 11.0 Å². The van der Waals surface area contributed by atoms with E-state index in [0.29, 0.717) is 38.9 Å². The van der Waals surface area contributed by atoms with Gasteiger partial charge in [0.15, 0.2) is 5.17 Å². The number of rotatable bonds is 8. The van der Waals surface area contributed by atoms with Gasteiger partial charge in [-0.15, -0.1) is 0 Å². The van der Waals surface area contributed by atoms with Gasteiger partial charge in [-0.1, -0.05) is 35.7 Å². The molecule has 168 valence electrons. The van der Waals surface area contributed by atoms with Gasteiger partial charge in [-0.2, -0.15) is 8.78 Å². The van der Waals surface area contributed by atoms with Crippen molar-refractivity contribution in [3.63, 3.8) is 0 Å². The molecule has 0 spiro atoms. The average molecular weight is 478 g/mol. The summed E-state index contributed by atoms with van der Waals surface area (Å²) in [6, 6.07) is 13.6. The van der Waals surface area contributed by atoms with Crippen molar-refractivity contribution < 1.29 is 23.1 Å². The fourth-order valence-corrected chi connectivity index (χ4v) is 5.01. The molecule has 32 heavy (non-hydrogen) atoms. The standard InChI is InChI=1S/C22H21F2N3O3S2/c1-30-17-5-3-2-4-16(17)26-19(28)12-18-20(29)27(14-8-9-14)22(32-18)25-13-6-10-15(11-7-13)31-21(23)24/h2-7,10-11,14,18,21H,8-9,12H2,1H3,(H,26,28). The van der Waals surface area contributed by atoms with Crippen LogP contribution in [-0.4, -0.2) is 46.0 Å². The van der Waals surface area contributed by atoms with E-state index in [9.17, 15) is 18.4 Å². The second kappa shape index (κ2) is 9.91. The minimum absolute atomic E-state index is 0.00769. The second-order valence-electron chi connectivity index (χ2n) is 7.27. The number of alkyl halides is 2. The van der Waals surface area contributed by atoms with E-state index in [4.69, 9.17) is 4.74 Å². The molecule has 1 unspecified atom stereocenters. The Morgan fingerprint density at radius 3 is 2.62 bits per heavy atom. The third kappa shape index (κ3) is 5.42. The predicted molar refractivity (Wildman–Crippen MR) is 123 cm³/mol. The Kier molecular flexibility index (Phi) is 7.00. The maximum absolute atomic E-state index is 13.0. The van der Waals surface area contributed by atoms with Crippen molar-refractivity contribution in [2.24, 2.45) is 4.99 Å². The summed E-state index contributed by atoms with van der Waals surface area (Å²) in [5.74, 6) is -2.35. The summed E-state index contributed by atoms with van der Waals surface area (Å²) in [4.78, 5) is 32.3. The Hall–Kier alpha value is -2.59. The molecule has 1 saturated carbocycles. The van der Waals surface area contributed by atoms with Gasteiger partial charge >= 0.3 is 0 Å². The van der Waals surface area contributed by atoms with Gasteiger partial charge in [0.25, 0.3) is 5.76 Å². The molecule has 0 radical (unpaired) electrons. The number of hydrogen-bond donors (Lipinski definition) is 1. The molecule has 10 heteroatoms. The predicted octanol–water partition coefficient (Wildman–Crippen LogP) is 5.13. The Bertz CT molecular complexity index is 1030. The van der Waals surface area contributed by atoms with Gasteiger partial charge in [0.2, 0.25) is 11.8 Å². The molecule has 1 N–H and O–H groups in total. The molecule has 2 fully saturated rings. The minimum atomic E-state index is -2.48. The summed E-state index contributed by atoms with van der Waals surface area (Å²) in [5, 5.41) is 2.78. The Labute approximate surface area is 192 Å². The summed E-state index contributed by atoms with van der Waals surface area (Å²) in [7, 11) is 1.52. The number of anilines is 1. The highest BCUT2D eigenvalue weighted by Gasteiger charge is 2.46. The molecule has 2 aromatic rings. The third-order valence-electron chi connectivity index (χ3n) is 4.92. The van der Waals surface area contributed by atoms with Crippen molar-refractivity contribution in [3.8, 4) is 5.75 Å². The first-order valence-corrected chi connectivity index (χ1v) is 11.8. The topological polar surface area (TPSA) is 71.0 Å². The molecule has 4 rings (SSSR count). The van der Waals surface area contributed by atoms with Crippen LogP contribution in [0.25, 0.3) is 0 Å². The first kappa shape index (κ1) is 22.6. The molecule has 0 aromatic heterocycles. The number of benzene rings is 2. The van der Waals surface area contributed by atoms with Crippen LogP contribution in [0.4, 0.5) is 20.2 Å². The van der Waals surface area contributed by atoms with Crippen LogP contribution in [-0.2, 0) is 9.59 Å². The summed E-state index contributed by atoms with van der Waals surface area (Å²) in [5.41, 5.74) is 1.12. The van der Waals surface area contributed by atoms with Crippen LogP contribution < -0.4 is 10.1 Å². The molecule has 2 aromatic carbocycles. The van der Waals surface area contributed by atoms with Crippen molar-refractivity contribution in [3.05, 3.63) is 48.5 Å². The largest absolute Gasteiger partial charge is 0.495 e. The molecule has 1 heterocycles. The highest BCUT2D eigenvalue weighted by molar-refractivity contribution is 8.15. The fourth-order valence-electron chi connectivity index (χ4n) is 3.29. The zero-order valence-corrected chi connectivity index (χ0v) is 18.8. The summed E-state index contributed by atoms with van der Waals surface area (Å²) in [6.45, 7) is 0. The van der Waals surface area contributed by atoms with E-state index in [1.165, 1.54) is 18.9 Å². The van der Waals surface area contributed by atoms with E-state index < -0.39 is 11.0 Å². The van der Waals surface area contributed by atoms with Crippen LogP contribution in [0.5, 0.6) is 5.75 Å². The lowest BCUT2D eigenvalue weighted by Crippen LogP contribution is -2.35. The van der Waals surface area contributed by atoms with Crippen molar-refractivity contribution in [1.82, 2.24) is 4.90 Å². The number of aliphatic imine (C=N–C) groups is 1. The highest BCUT2D eigenvalue weighted by atomic mass is 32.2. The molecule has 1 aliphatic heterocycles. The molecule has 6 nitrogen and oxygen atoms in total. The Morgan fingerprint density at radius 2 is 1.97 bits per heavy atom. The molecule has 1 saturated heterocycles. The number of halogens is 2. The second-order valence-corrected chi connectivity index (χ2v) is 9.50. The number of carbonyl (C=O) groups excluding carboxylic acids is 2. The van der Waals surface area contributed by atoms with Gasteiger partial charge < -0.3 is 10.1 Å². The fraction of sp³-hybridized carbons (Fsp3) is 0.318. The lowest BCUT2D eigenvalue weighted by atomic mass is 10.2. The molecule has 0 bridgehead atoms. The van der Waals surface area contributed by atoms with E-state index in [2.05, 4.69) is 10.3 Å². The zero-order chi connectivity index (χ0) is 22.7. The number of hydrogen-bond acceptors (Lipinski definition) is 6. The summed E-state index contributed by atoms with van der Waals surface area (Å²) in [6.07, 6.45) is 1.80. The first-order chi connectivity index (χ1) is 15.4. The van der Waals surface area contributed by atoms with E-state index in [-0.39, 0.29) is 24.3 Å². The van der Waals surface area contributed by atoms with Crippen LogP contribution in [0.3, 0.4) is 0 Å². The molecule has 2 amide bonds. The maximum atomic E-state index is 13.0. The van der Waals surface area contributed by atoms with E-state index in [1.54, 1.807) is 53.4 Å². The molecule has 1 atom stereocenters. The number of ether oxygens (including phenoxy) is 1. The van der Waals surface area contributed by atoms with Gasteiger partial charge in [0.05, 0.1) is 18.5 Å². The highest BCUT2D eigenvalue weighted by Crippen LogP contribution is 2.40. The monoisotopic (exact) mass is 477 g/mol. The van der Waals surface area contributed by atoms with Gasteiger partial charge in [-0.05, 0) is 49.2 Å². The average Bonchev–Trinajstić information content (AvgIpc) is 3.55. The van der Waals surface area contributed by atoms with E-state index >= 15 is 0 Å². The number of thioether (sulfide) groups is 2. The lowest BCUT2D eigenvalue weighted by molar-refractivity contribution is -0.128. The van der Waals surface area contributed by atoms with Crippen LogP contribution in [0, 0.1) is 0 Å². The summed E-state index contributed by atoms with van der Waals surface area (Å²) >= 11 is 1.73. The van der Waals surface area contributed by atoms with Crippen LogP contribution >= 0.6 is 23.5 Å². The van der Waals surface area contributed by atoms with Crippen LogP contribution in [0.2, 0.25) is 0 Å². The number of para-hydroxylation sites is 2. The number of nitrogens with zero attached hydrogens (tertiary/aromatic N) is 2. The van der Waals surface area contributed by atoms with Crippen LogP contribution in [0.15, 0.2) is 58.4 Å². The number of amidine groups is 1. The van der Waals surface area contributed by atoms with Crippen molar-refractivity contribution in [1.29, 1.82) is 0 Å². The lowest BCUT2D eigenvalue weighted by Gasteiger charge is -2.15. The number of amides is 2. The molecular weight excluding hydrogens is 456 g/mol. The van der Waals surface area contributed by atoms with Crippen molar-refractivity contribution in [2.75, 3.05) is 12.4 Å². The van der Waals surface area contributed by atoms with Gasteiger partial charge in [-0.3, -0.25) is 14.5 Å². The van der Waals surface area contributed by atoms with Crippen molar-refractivity contribution >= 4 is 51.9 Å². The van der Waals surface area contributed by atoms with E-state index in [1.807, 2.05) is 0 Å². The van der Waals surface area contributed by atoms with Crippen LogP contribution in [0.1, 0.15) is 19.3 Å². The van der Waals surface area contributed by atoms with Gasteiger partial charge in [0, 0.05) is 17.4 Å². The molecule has 2 aliphatic rings. The van der Waals surface area contributed by atoms with E-state index in [0.717, 1.165) is 12.8 Å². The number of carbonyl (C=O) groups is 2. The van der Waals surface area contributed by atoms with Gasteiger partial charge in [-0.25, -0.2) is 4.99 Å². The van der Waals surface area contributed by atoms with Crippen molar-refractivity contribution in [2.45, 2.75) is 41.2 Å². The first-order valence-electron chi connectivity index (χ1n) is 10.0. The smallest absolute Gasteiger partial charge is 0.288 e. The zero-order valence-electron chi connectivity index (χ0n) is 17.2. The molecular formula is C22H21F2N3O3S2. The summed E-state index contributed by atoms with van der Waals surface area (Å²) < 4.78 is 30.3.